The van der Waals surface area contributed by atoms with E-state index in [0.29, 0.717) is 5.25 Å². The molecule has 5 nitrogen and oxygen atoms in total. The second-order valence-electron chi connectivity index (χ2n) is 5.03. The minimum Gasteiger partial charge on any atom is -0.447 e. The van der Waals surface area contributed by atoms with Gasteiger partial charge < -0.3 is 15.4 Å². The van der Waals surface area contributed by atoms with Crippen LogP contribution in [0.1, 0.15) is 12.8 Å². The van der Waals surface area contributed by atoms with Gasteiger partial charge >= 0.3 is 6.09 Å². The van der Waals surface area contributed by atoms with Crippen molar-refractivity contribution in [3.63, 3.8) is 0 Å². The summed E-state index contributed by atoms with van der Waals surface area (Å²) in [7, 11) is 0. The minimum absolute atomic E-state index is 0.125. The van der Waals surface area contributed by atoms with Crippen molar-refractivity contribution in [1.29, 1.82) is 0 Å². The summed E-state index contributed by atoms with van der Waals surface area (Å²) in [5, 5.41) is 5.98. The molecule has 2 aliphatic rings. The number of hydrogen-bond acceptors (Lipinski definition) is 4. The van der Waals surface area contributed by atoms with E-state index in [1.54, 1.807) is 0 Å². The molecule has 2 amide bonds. The van der Waals surface area contributed by atoms with Crippen LogP contribution >= 0.6 is 11.8 Å². The van der Waals surface area contributed by atoms with Gasteiger partial charge in [0.25, 0.3) is 0 Å². The van der Waals surface area contributed by atoms with Crippen LogP contribution in [-0.2, 0) is 9.53 Å². The Morgan fingerprint density at radius 1 is 1.30 bits per heavy atom. The van der Waals surface area contributed by atoms with Gasteiger partial charge in [-0.15, -0.1) is 11.8 Å². The van der Waals surface area contributed by atoms with Gasteiger partial charge in [-0.05, 0) is 25.0 Å². The molecule has 0 unspecified atom stereocenters. The monoisotopic (exact) mass is 292 g/mol. The van der Waals surface area contributed by atoms with Gasteiger partial charge in [0.15, 0.2) is 0 Å². The molecule has 0 spiro atoms. The van der Waals surface area contributed by atoms with Crippen molar-refractivity contribution in [3.8, 4) is 0 Å². The highest BCUT2D eigenvalue weighted by atomic mass is 32.2. The Morgan fingerprint density at radius 2 is 2.05 bits per heavy atom. The molecule has 1 aliphatic carbocycles. The number of nitrogens with one attached hydrogen (secondary N) is 2. The predicted octanol–water partition coefficient (Wildman–Crippen LogP) is 1.53. The van der Waals surface area contributed by atoms with Gasteiger partial charge in [-0.1, -0.05) is 18.2 Å². The van der Waals surface area contributed by atoms with Gasteiger partial charge in [0.1, 0.15) is 12.6 Å². The molecule has 6 heteroatoms. The Hall–Kier alpha value is -1.69. The van der Waals surface area contributed by atoms with Crippen molar-refractivity contribution in [2.45, 2.75) is 35.1 Å². The van der Waals surface area contributed by atoms with Gasteiger partial charge in [0, 0.05) is 16.2 Å². The maximum atomic E-state index is 11.8. The van der Waals surface area contributed by atoms with E-state index in [9.17, 15) is 9.59 Å². The Balaban J connectivity index is 1.40. The molecule has 1 heterocycles. The largest absolute Gasteiger partial charge is 0.447 e. The molecule has 1 aromatic carbocycles. The van der Waals surface area contributed by atoms with Crippen molar-refractivity contribution in [1.82, 2.24) is 10.6 Å². The third kappa shape index (κ3) is 3.07. The number of thioether (sulfide) groups is 1. The maximum Gasteiger partial charge on any atom is 0.407 e. The summed E-state index contributed by atoms with van der Waals surface area (Å²) < 4.78 is 4.70. The standard InChI is InChI=1S/C14H16N2O3S/c17-13(12-8-19-14(18)16-12)15-9-6-11(7-9)20-10-4-2-1-3-5-10/h1-5,9,11-12H,6-8H2,(H,15,17)(H,16,18)/t9?,11?,12-/m1/s1. The van der Waals surface area contributed by atoms with Gasteiger partial charge in [-0.3, -0.25) is 4.79 Å². The molecule has 2 fully saturated rings. The lowest BCUT2D eigenvalue weighted by atomic mass is 9.92. The lowest BCUT2D eigenvalue weighted by molar-refractivity contribution is -0.124. The molecule has 0 bridgehead atoms. The first-order valence-electron chi connectivity index (χ1n) is 6.66. The molecule has 1 saturated carbocycles. The van der Waals surface area contributed by atoms with Crippen LogP contribution < -0.4 is 10.6 Å². The Kier molecular flexibility index (Phi) is 3.82. The summed E-state index contributed by atoms with van der Waals surface area (Å²) >= 11 is 1.85. The minimum atomic E-state index is -0.539. The highest BCUT2D eigenvalue weighted by Gasteiger charge is 2.35. The molecule has 1 atom stereocenters. The number of alkyl carbamates (subject to hydrolysis) is 1. The van der Waals surface area contributed by atoms with E-state index in [1.807, 2.05) is 30.0 Å². The number of carbonyl (C=O) groups excluding carboxylic acids is 2. The predicted molar refractivity (Wildman–Crippen MR) is 75.5 cm³/mol. The molecule has 20 heavy (non-hydrogen) atoms. The lowest BCUT2D eigenvalue weighted by Crippen LogP contribution is -2.51. The summed E-state index contributed by atoms with van der Waals surface area (Å²) in [4.78, 5) is 24.0. The van der Waals surface area contributed by atoms with Crippen LogP contribution in [0.2, 0.25) is 0 Å². The van der Waals surface area contributed by atoms with E-state index >= 15 is 0 Å². The number of benzene rings is 1. The highest BCUT2D eigenvalue weighted by Crippen LogP contribution is 2.36. The van der Waals surface area contributed by atoms with Crippen molar-refractivity contribution in [2.24, 2.45) is 0 Å². The summed E-state index contributed by atoms with van der Waals surface area (Å²) in [6.45, 7) is 0.125. The summed E-state index contributed by atoms with van der Waals surface area (Å²) in [5.41, 5.74) is 0. The molecule has 3 rings (SSSR count). The zero-order chi connectivity index (χ0) is 13.9. The van der Waals surface area contributed by atoms with Gasteiger partial charge in [0.2, 0.25) is 5.91 Å². The summed E-state index contributed by atoms with van der Waals surface area (Å²) in [5.74, 6) is -0.149. The van der Waals surface area contributed by atoms with Crippen molar-refractivity contribution < 1.29 is 14.3 Å². The number of carbonyl (C=O) groups is 2. The molecule has 1 aromatic rings. The van der Waals surface area contributed by atoms with Crippen molar-refractivity contribution in [3.05, 3.63) is 30.3 Å². The molecule has 0 radical (unpaired) electrons. The van der Waals surface area contributed by atoms with E-state index < -0.39 is 12.1 Å². The number of ether oxygens (including phenoxy) is 1. The third-order valence-electron chi connectivity index (χ3n) is 3.48. The van der Waals surface area contributed by atoms with Crippen LogP contribution in [0, 0.1) is 0 Å². The highest BCUT2D eigenvalue weighted by molar-refractivity contribution is 8.00. The van der Waals surface area contributed by atoms with Gasteiger partial charge in [0.05, 0.1) is 0 Å². The number of cyclic esters (lactones) is 1. The molecule has 2 N–H and O–H groups in total. The molecule has 106 valence electrons. The van der Waals surface area contributed by atoms with E-state index in [2.05, 4.69) is 22.8 Å². The summed E-state index contributed by atoms with van der Waals surface area (Å²) in [6.07, 6.45) is 1.41. The van der Waals surface area contributed by atoms with E-state index in [-0.39, 0.29) is 18.6 Å². The average Bonchev–Trinajstić information content (AvgIpc) is 2.84. The van der Waals surface area contributed by atoms with E-state index in [1.165, 1.54) is 4.90 Å². The Morgan fingerprint density at radius 3 is 2.70 bits per heavy atom. The van der Waals surface area contributed by atoms with Crippen molar-refractivity contribution >= 4 is 23.8 Å². The van der Waals surface area contributed by atoms with Gasteiger partial charge in [-0.2, -0.15) is 0 Å². The number of rotatable bonds is 4. The van der Waals surface area contributed by atoms with Gasteiger partial charge in [-0.25, -0.2) is 4.79 Å². The fourth-order valence-electron chi connectivity index (χ4n) is 2.30. The lowest BCUT2D eigenvalue weighted by Gasteiger charge is -2.35. The van der Waals surface area contributed by atoms with Crippen LogP contribution in [0.3, 0.4) is 0 Å². The van der Waals surface area contributed by atoms with Crippen LogP contribution in [0.25, 0.3) is 0 Å². The zero-order valence-electron chi connectivity index (χ0n) is 10.9. The molecule has 1 aliphatic heterocycles. The maximum absolute atomic E-state index is 11.8. The van der Waals surface area contributed by atoms with Crippen LogP contribution in [0.5, 0.6) is 0 Å². The Bertz CT molecular complexity index is 502. The molecular formula is C14H16N2O3S. The zero-order valence-corrected chi connectivity index (χ0v) is 11.7. The van der Waals surface area contributed by atoms with E-state index in [4.69, 9.17) is 4.74 Å². The van der Waals surface area contributed by atoms with Crippen LogP contribution in [0.15, 0.2) is 35.2 Å². The summed E-state index contributed by atoms with van der Waals surface area (Å²) in [6, 6.07) is 9.94. The average molecular weight is 292 g/mol. The Labute approximate surface area is 121 Å². The fraction of sp³-hybridized carbons (Fsp3) is 0.429. The van der Waals surface area contributed by atoms with Crippen LogP contribution in [-0.4, -0.2) is 35.9 Å². The molecule has 0 aromatic heterocycles. The molecular weight excluding hydrogens is 276 g/mol. The first-order valence-corrected chi connectivity index (χ1v) is 7.54. The second kappa shape index (κ2) is 5.75. The SMILES string of the molecule is O=C1N[C@@H](C(=O)NC2CC(Sc3ccccc3)C2)CO1. The first-order chi connectivity index (χ1) is 9.70. The molecule has 1 saturated heterocycles. The normalized spacial score (nSPS) is 28.2. The second-order valence-corrected chi connectivity index (χ2v) is 6.40. The van der Waals surface area contributed by atoms with Crippen LogP contribution in [0.4, 0.5) is 4.79 Å². The third-order valence-corrected chi connectivity index (χ3v) is 4.74. The quantitative estimate of drug-likeness (QED) is 0.883. The van der Waals surface area contributed by atoms with E-state index in [0.717, 1.165) is 12.8 Å². The number of hydrogen-bond donors (Lipinski definition) is 2. The topological polar surface area (TPSA) is 67.4 Å². The smallest absolute Gasteiger partial charge is 0.407 e. The first kappa shape index (κ1) is 13.3. The fourth-order valence-corrected chi connectivity index (χ4v) is 3.66. The number of amides is 2. The van der Waals surface area contributed by atoms with Crippen molar-refractivity contribution in [2.75, 3.05) is 6.61 Å².